The molecule has 1 amide bonds. The molecule has 0 aliphatic heterocycles. The number of carbonyl (C=O) groups excluding carboxylic acids is 1. The maximum atomic E-state index is 12.7. The molecule has 26 heavy (non-hydrogen) atoms. The molecule has 1 atom stereocenters. The highest BCUT2D eigenvalue weighted by Crippen LogP contribution is 2.35. The van der Waals surface area contributed by atoms with Crippen LogP contribution in [0.2, 0.25) is 0 Å². The van der Waals surface area contributed by atoms with Gasteiger partial charge in [-0.1, -0.05) is 26.8 Å². The summed E-state index contributed by atoms with van der Waals surface area (Å²) in [5.41, 5.74) is 2.41. The summed E-state index contributed by atoms with van der Waals surface area (Å²) in [6.07, 6.45) is 1.61. The maximum absolute atomic E-state index is 12.7. The maximum Gasteiger partial charge on any atom is 0.253 e. The molecule has 3 heterocycles. The lowest BCUT2D eigenvalue weighted by molar-refractivity contribution is 0.0903. The van der Waals surface area contributed by atoms with Crippen molar-refractivity contribution in [3.8, 4) is 5.82 Å². The Morgan fingerprint density at radius 2 is 2.00 bits per heavy atom. The fraction of sp³-hybridized carbons (Fsp3) is 0.350. The van der Waals surface area contributed by atoms with E-state index in [1.54, 1.807) is 28.3 Å². The zero-order valence-electron chi connectivity index (χ0n) is 15.8. The Bertz CT molecular complexity index is 889. The Labute approximate surface area is 158 Å². The lowest BCUT2D eigenvalue weighted by atomic mass is 9.85. The van der Waals surface area contributed by atoms with Crippen molar-refractivity contribution < 1.29 is 4.79 Å². The molecule has 1 unspecified atom stereocenters. The normalized spacial score (nSPS) is 12.8. The molecule has 3 aromatic heterocycles. The molecule has 0 aliphatic carbocycles. The van der Waals surface area contributed by atoms with Crippen LogP contribution in [0.3, 0.4) is 0 Å². The molecule has 0 aliphatic rings. The molecule has 0 radical (unpaired) electrons. The third kappa shape index (κ3) is 3.85. The van der Waals surface area contributed by atoms with Gasteiger partial charge in [0.1, 0.15) is 0 Å². The monoisotopic (exact) mass is 368 g/mol. The predicted molar refractivity (Wildman–Crippen MR) is 105 cm³/mol. The van der Waals surface area contributed by atoms with Gasteiger partial charge in [0.05, 0.1) is 17.3 Å². The smallest absolute Gasteiger partial charge is 0.253 e. The molecule has 3 rings (SSSR count). The minimum atomic E-state index is -0.120. The van der Waals surface area contributed by atoms with Crippen LogP contribution in [0.4, 0.5) is 0 Å². The van der Waals surface area contributed by atoms with Crippen molar-refractivity contribution in [1.82, 2.24) is 20.1 Å². The van der Waals surface area contributed by atoms with Crippen molar-refractivity contribution in [2.24, 2.45) is 5.41 Å². The lowest BCUT2D eigenvalue weighted by Gasteiger charge is -2.30. The van der Waals surface area contributed by atoms with Crippen molar-refractivity contribution >= 4 is 17.2 Å². The molecule has 1 N–H and O–H groups in total. The second-order valence-electron chi connectivity index (χ2n) is 7.53. The van der Waals surface area contributed by atoms with Gasteiger partial charge in [-0.15, -0.1) is 11.3 Å². The van der Waals surface area contributed by atoms with Crippen LogP contribution in [-0.4, -0.2) is 20.7 Å². The van der Waals surface area contributed by atoms with Crippen LogP contribution in [0.5, 0.6) is 0 Å². The number of nitrogens with zero attached hydrogens (tertiary/aromatic N) is 3. The van der Waals surface area contributed by atoms with Crippen LogP contribution in [0.15, 0.2) is 41.9 Å². The predicted octanol–water partition coefficient (Wildman–Crippen LogP) is 4.46. The van der Waals surface area contributed by atoms with Crippen LogP contribution in [0.25, 0.3) is 5.82 Å². The molecule has 0 spiro atoms. The second-order valence-corrected chi connectivity index (χ2v) is 8.51. The molecule has 6 heteroatoms. The fourth-order valence-corrected chi connectivity index (χ4v) is 3.91. The quantitative estimate of drug-likeness (QED) is 0.739. The number of pyridine rings is 1. The van der Waals surface area contributed by atoms with Gasteiger partial charge in [0.15, 0.2) is 5.82 Å². The summed E-state index contributed by atoms with van der Waals surface area (Å²) in [6.45, 7) is 10.3. The summed E-state index contributed by atoms with van der Waals surface area (Å²) in [7, 11) is 0. The van der Waals surface area contributed by atoms with Gasteiger partial charge >= 0.3 is 0 Å². The molecule has 0 bridgehead atoms. The van der Waals surface area contributed by atoms with Crippen LogP contribution < -0.4 is 5.32 Å². The number of aryl methyl sites for hydroxylation is 2. The van der Waals surface area contributed by atoms with Gasteiger partial charge in [0.2, 0.25) is 0 Å². The Morgan fingerprint density at radius 1 is 1.23 bits per heavy atom. The zero-order chi connectivity index (χ0) is 18.9. The first-order chi connectivity index (χ1) is 12.3. The zero-order valence-corrected chi connectivity index (χ0v) is 16.6. The summed E-state index contributed by atoms with van der Waals surface area (Å²) in [4.78, 5) is 18.3. The van der Waals surface area contributed by atoms with Crippen molar-refractivity contribution in [3.05, 3.63) is 63.7 Å². The minimum absolute atomic E-state index is 0.0503. The summed E-state index contributed by atoms with van der Waals surface area (Å²) in [6, 6.07) is 9.64. The average molecular weight is 369 g/mol. The highest BCUT2D eigenvalue weighted by Gasteiger charge is 2.29. The first-order valence-electron chi connectivity index (χ1n) is 8.59. The van der Waals surface area contributed by atoms with Crippen molar-refractivity contribution in [1.29, 1.82) is 0 Å². The van der Waals surface area contributed by atoms with E-state index in [9.17, 15) is 4.79 Å². The molecule has 0 fully saturated rings. The van der Waals surface area contributed by atoms with Crippen molar-refractivity contribution in [3.63, 3.8) is 0 Å². The Balaban J connectivity index is 1.80. The van der Waals surface area contributed by atoms with Gasteiger partial charge < -0.3 is 5.32 Å². The third-order valence-electron chi connectivity index (χ3n) is 4.21. The number of hydrogen-bond donors (Lipinski definition) is 1. The molecule has 0 saturated heterocycles. The number of hydrogen-bond acceptors (Lipinski definition) is 4. The first kappa shape index (κ1) is 18.3. The topological polar surface area (TPSA) is 59.8 Å². The van der Waals surface area contributed by atoms with Crippen LogP contribution in [-0.2, 0) is 0 Å². The molecular weight excluding hydrogens is 344 g/mol. The van der Waals surface area contributed by atoms with Crippen molar-refractivity contribution in [2.75, 3.05) is 0 Å². The van der Waals surface area contributed by atoms with E-state index in [4.69, 9.17) is 0 Å². The summed E-state index contributed by atoms with van der Waals surface area (Å²) in [5, 5.41) is 9.62. The van der Waals surface area contributed by atoms with E-state index in [1.165, 1.54) is 0 Å². The standard InChI is InChI=1S/C20H24N4OS/c1-13-11-14(2)24(23-13)17-9-8-15(12-21-17)19(25)22-18(20(3,4)5)16-7-6-10-26-16/h6-12,18H,1-5H3,(H,22,25). The first-order valence-corrected chi connectivity index (χ1v) is 9.47. The molecule has 5 nitrogen and oxygen atoms in total. The highest BCUT2D eigenvalue weighted by atomic mass is 32.1. The van der Waals surface area contributed by atoms with Gasteiger partial charge in [-0.25, -0.2) is 9.67 Å². The largest absolute Gasteiger partial charge is 0.344 e. The van der Waals surface area contributed by atoms with Gasteiger partial charge in [-0.2, -0.15) is 5.10 Å². The Morgan fingerprint density at radius 3 is 2.50 bits per heavy atom. The van der Waals surface area contributed by atoms with Gasteiger partial charge in [-0.3, -0.25) is 4.79 Å². The van der Waals surface area contributed by atoms with Crippen molar-refractivity contribution in [2.45, 2.75) is 40.7 Å². The molecule has 3 aromatic rings. The summed E-state index contributed by atoms with van der Waals surface area (Å²) in [5.74, 6) is 0.587. The highest BCUT2D eigenvalue weighted by molar-refractivity contribution is 7.10. The van der Waals surface area contributed by atoms with E-state index >= 15 is 0 Å². The number of nitrogens with one attached hydrogen (secondary N) is 1. The number of rotatable bonds is 4. The van der Waals surface area contributed by atoms with E-state index in [0.29, 0.717) is 11.4 Å². The van der Waals surface area contributed by atoms with Gasteiger partial charge in [0.25, 0.3) is 5.91 Å². The van der Waals surface area contributed by atoms with E-state index in [1.807, 2.05) is 37.4 Å². The summed E-state index contributed by atoms with van der Waals surface area (Å²) < 4.78 is 1.78. The molecule has 136 valence electrons. The van der Waals surface area contributed by atoms with Gasteiger partial charge in [-0.05, 0) is 48.9 Å². The molecule has 0 saturated carbocycles. The Hall–Kier alpha value is -2.47. The number of amides is 1. The van der Waals surface area contributed by atoms with E-state index in [0.717, 1.165) is 16.3 Å². The van der Waals surface area contributed by atoms with E-state index in [-0.39, 0.29) is 17.4 Å². The minimum Gasteiger partial charge on any atom is -0.344 e. The van der Waals surface area contributed by atoms with Crippen LogP contribution >= 0.6 is 11.3 Å². The van der Waals surface area contributed by atoms with E-state index < -0.39 is 0 Å². The number of carbonyl (C=O) groups is 1. The number of thiophene rings is 1. The average Bonchev–Trinajstić information content (AvgIpc) is 3.21. The second kappa shape index (κ2) is 7.03. The number of aromatic nitrogens is 3. The molecular formula is C20H24N4OS. The Kier molecular flexibility index (Phi) is 4.96. The SMILES string of the molecule is Cc1cc(C)n(-c2ccc(C(=O)NC(c3cccs3)C(C)(C)C)cn2)n1. The van der Waals surface area contributed by atoms with E-state index in [2.05, 4.69) is 42.2 Å². The van der Waals surface area contributed by atoms with Crippen LogP contribution in [0, 0.1) is 19.3 Å². The van der Waals surface area contributed by atoms with Gasteiger partial charge in [0, 0.05) is 16.8 Å². The third-order valence-corrected chi connectivity index (χ3v) is 5.14. The van der Waals surface area contributed by atoms with Crippen LogP contribution in [0.1, 0.15) is 53.4 Å². The molecule has 0 aromatic carbocycles. The fourth-order valence-electron chi connectivity index (χ4n) is 2.89. The lowest BCUT2D eigenvalue weighted by Crippen LogP contribution is -2.36. The summed E-state index contributed by atoms with van der Waals surface area (Å²) >= 11 is 1.66.